The summed E-state index contributed by atoms with van der Waals surface area (Å²) in [5.74, 6) is -0.199. The third-order valence-corrected chi connectivity index (χ3v) is 2.58. The summed E-state index contributed by atoms with van der Waals surface area (Å²) >= 11 is 5.42. The largest absolute Gasteiger partial charge is 0.465 e. The molecule has 16 heavy (non-hydrogen) atoms. The zero-order chi connectivity index (χ0) is 12.6. The molecule has 0 bridgehead atoms. The number of nitrogens with one attached hydrogen (secondary N) is 1. The molecule has 0 spiro atoms. The molecule has 4 nitrogen and oxygen atoms in total. The zero-order valence-corrected chi connectivity index (χ0v) is 10.2. The van der Waals surface area contributed by atoms with Crippen LogP contribution in [0.3, 0.4) is 0 Å². The van der Waals surface area contributed by atoms with Crippen LogP contribution in [0.25, 0.3) is 0 Å². The van der Waals surface area contributed by atoms with Crippen LogP contribution in [0.1, 0.15) is 26.2 Å². The second kappa shape index (κ2) is 8.16. The minimum Gasteiger partial charge on any atom is -0.465 e. The molecule has 2 atom stereocenters. The summed E-state index contributed by atoms with van der Waals surface area (Å²) in [7, 11) is 0. The average molecular weight is 248 g/mol. The van der Waals surface area contributed by atoms with E-state index in [-0.39, 0.29) is 17.6 Å². The highest BCUT2D eigenvalue weighted by molar-refractivity contribution is 6.28. The van der Waals surface area contributed by atoms with Crippen molar-refractivity contribution in [2.75, 3.05) is 5.88 Å². The second-order valence-electron chi connectivity index (χ2n) is 3.81. The molecule has 2 N–H and O–H groups in total. The monoisotopic (exact) mass is 247 g/mol. The highest BCUT2D eigenvalue weighted by Crippen LogP contribution is 2.14. The van der Waals surface area contributed by atoms with E-state index >= 15 is 0 Å². The fraction of sp³-hybridized carbons (Fsp3) is 0.636. The van der Waals surface area contributed by atoms with Crippen LogP contribution in [0.2, 0.25) is 0 Å². The predicted octanol–water partition coefficient (Wildman–Crippen LogP) is 2.42. The number of rotatable bonds is 8. The fourth-order valence-corrected chi connectivity index (χ4v) is 1.62. The predicted molar refractivity (Wildman–Crippen MR) is 63.9 cm³/mol. The van der Waals surface area contributed by atoms with Crippen molar-refractivity contribution in [2.24, 2.45) is 5.92 Å². The number of alkyl halides is 1. The molecule has 0 aliphatic heterocycles. The van der Waals surface area contributed by atoms with Gasteiger partial charge in [-0.3, -0.25) is 4.79 Å². The smallest absolute Gasteiger partial charge is 0.405 e. The second-order valence-corrected chi connectivity index (χ2v) is 4.08. The molecule has 0 aromatic carbocycles. The Morgan fingerprint density at radius 1 is 1.56 bits per heavy atom. The van der Waals surface area contributed by atoms with Gasteiger partial charge in [0.25, 0.3) is 0 Å². The molecule has 1 amide bonds. The van der Waals surface area contributed by atoms with Crippen LogP contribution in [0.5, 0.6) is 0 Å². The number of hydrogen-bond donors (Lipinski definition) is 2. The van der Waals surface area contributed by atoms with Gasteiger partial charge >= 0.3 is 6.09 Å². The normalized spacial score (nSPS) is 13.9. The van der Waals surface area contributed by atoms with E-state index in [9.17, 15) is 9.59 Å². The van der Waals surface area contributed by atoms with E-state index in [4.69, 9.17) is 16.7 Å². The van der Waals surface area contributed by atoms with Crippen LogP contribution in [0, 0.1) is 5.92 Å². The van der Waals surface area contributed by atoms with Crippen molar-refractivity contribution in [1.82, 2.24) is 5.32 Å². The van der Waals surface area contributed by atoms with Gasteiger partial charge in [-0.2, -0.15) is 0 Å². The highest BCUT2D eigenvalue weighted by Gasteiger charge is 2.21. The molecule has 0 saturated heterocycles. The van der Waals surface area contributed by atoms with E-state index < -0.39 is 12.1 Å². The molecular formula is C11H18ClNO3. The number of hydrogen-bond acceptors (Lipinski definition) is 2. The van der Waals surface area contributed by atoms with Crippen LogP contribution in [-0.4, -0.2) is 28.9 Å². The van der Waals surface area contributed by atoms with Crippen LogP contribution >= 0.6 is 11.6 Å². The Morgan fingerprint density at radius 3 is 2.62 bits per heavy atom. The zero-order valence-electron chi connectivity index (χ0n) is 9.41. The molecule has 0 aliphatic carbocycles. The average Bonchev–Trinajstić information content (AvgIpc) is 2.23. The van der Waals surface area contributed by atoms with Gasteiger partial charge in [-0.05, 0) is 25.2 Å². The van der Waals surface area contributed by atoms with E-state index in [1.165, 1.54) is 0 Å². The maximum atomic E-state index is 11.4. The van der Waals surface area contributed by atoms with E-state index in [2.05, 4.69) is 11.9 Å². The Morgan fingerprint density at radius 2 is 2.19 bits per heavy atom. The van der Waals surface area contributed by atoms with Crippen LogP contribution in [0.15, 0.2) is 12.7 Å². The Balaban J connectivity index is 4.24. The lowest BCUT2D eigenvalue weighted by atomic mass is 9.95. The highest BCUT2D eigenvalue weighted by atomic mass is 35.5. The maximum absolute atomic E-state index is 11.4. The van der Waals surface area contributed by atoms with Crippen LogP contribution in [-0.2, 0) is 4.79 Å². The van der Waals surface area contributed by atoms with Gasteiger partial charge in [0.2, 0.25) is 0 Å². The first kappa shape index (κ1) is 15.0. The minimum absolute atomic E-state index is 0.168. The lowest BCUT2D eigenvalue weighted by molar-refractivity contribution is -0.119. The molecule has 5 heteroatoms. The summed E-state index contributed by atoms with van der Waals surface area (Å²) in [6.45, 7) is 5.59. The van der Waals surface area contributed by atoms with Gasteiger partial charge in [0.1, 0.15) is 0 Å². The molecule has 0 aromatic rings. The van der Waals surface area contributed by atoms with Crippen molar-refractivity contribution in [3.8, 4) is 0 Å². The summed E-state index contributed by atoms with van der Waals surface area (Å²) in [6.07, 6.45) is 2.83. The van der Waals surface area contributed by atoms with Crippen molar-refractivity contribution >= 4 is 23.5 Å². The SMILES string of the molecule is C=CCC[C@@H](C)C[C@H](NC(=O)O)C(=O)CCl. The molecule has 0 unspecified atom stereocenters. The first-order valence-electron chi connectivity index (χ1n) is 5.20. The summed E-state index contributed by atoms with van der Waals surface area (Å²) in [6, 6.07) is -0.699. The van der Waals surface area contributed by atoms with E-state index in [0.29, 0.717) is 6.42 Å². The van der Waals surface area contributed by atoms with Gasteiger partial charge in [0.05, 0.1) is 11.9 Å². The van der Waals surface area contributed by atoms with Gasteiger partial charge in [-0.15, -0.1) is 18.2 Å². The third kappa shape index (κ3) is 6.45. The molecule has 0 radical (unpaired) electrons. The molecule has 0 rings (SSSR count). The van der Waals surface area contributed by atoms with Crippen molar-refractivity contribution in [3.05, 3.63) is 12.7 Å². The lowest BCUT2D eigenvalue weighted by Gasteiger charge is -2.18. The quantitative estimate of drug-likeness (QED) is 0.511. The fourth-order valence-electron chi connectivity index (χ4n) is 1.44. The number of carbonyl (C=O) groups is 2. The third-order valence-electron chi connectivity index (χ3n) is 2.32. The molecule has 0 aliphatic rings. The van der Waals surface area contributed by atoms with Gasteiger partial charge in [-0.25, -0.2) is 4.79 Å². The molecule has 0 aromatic heterocycles. The number of carbonyl (C=O) groups excluding carboxylic acids is 1. The molecule has 92 valence electrons. The van der Waals surface area contributed by atoms with Gasteiger partial charge in [-0.1, -0.05) is 13.0 Å². The van der Waals surface area contributed by atoms with E-state index in [0.717, 1.165) is 12.8 Å². The topological polar surface area (TPSA) is 66.4 Å². The minimum atomic E-state index is -1.20. The van der Waals surface area contributed by atoms with E-state index in [1.807, 2.05) is 6.92 Å². The van der Waals surface area contributed by atoms with Crippen LogP contribution in [0.4, 0.5) is 4.79 Å². The number of Topliss-reactive ketones (excluding diaryl/α,β-unsaturated/α-hetero) is 1. The Labute approximate surface area is 101 Å². The van der Waals surface area contributed by atoms with Crippen molar-refractivity contribution in [3.63, 3.8) is 0 Å². The number of allylic oxidation sites excluding steroid dienone is 1. The Bertz CT molecular complexity index is 256. The molecule has 0 fully saturated rings. The summed E-state index contributed by atoms with van der Waals surface area (Å²) in [4.78, 5) is 21.9. The molecule has 0 saturated carbocycles. The summed E-state index contributed by atoms with van der Waals surface area (Å²) in [5, 5.41) is 10.8. The Kier molecular flexibility index (Phi) is 7.64. The first-order chi connectivity index (χ1) is 7.51. The van der Waals surface area contributed by atoms with Crippen LogP contribution < -0.4 is 5.32 Å². The van der Waals surface area contributed by atoms with Gasteiger partial charge in [0.15, 0.2) is 5.78 Å². The summed E-state index contributed by atoms with van der Waals surface area (Å²) < 4.78 is 0. The molecular weight excluding hydrogens is 230 g/mol. The van der Waals surface area contributed by atoms with Crippen molar-refractivity contribution in [2.45, 2.75) is 32.2 Å². The number of halogens is 1. The van der Waals surface area contributed by atoms with Gasteiger partial charge < -0.3 is 10.4 Å². The van der Waals surface area contributed by atoms with Gasteiger partial charge in [0, 0.05) is 0 Å². The van der Waals surface area contributed by atoms with E-state index in [1.54, 1.807) is 6.08 Å². The Hall–Kier alpha value is -1.03. The summed E-state index contributed by atoms with van der Waals surface area (Å²) in [5.41, 5.74) is 0. The maximum Gasteiger partial charge on any atom is 0.405 e. The number of amides is 1. The molecule has 0 heterocycles. The standard InChI is InChI=1S/C11H18ClNO3/c1-3-4-5-8(2)6-9(10(14)7-12)13-11(15)16/h3,8-9,13H,1,4-7H2,2H3,(H,15,16)/t8-,9+/m1/s1. The van der Waals surface area contributed by atoms with Crippen molar-refractivity contribution < 1.29 is 14.7 Å². The number of carboxylic acid groups (broad SMARTS) is 1. The lowest BCUT2D eigenvalue weighted by Crippen LogP contribution is -2.41. The number of ketones is 1. The van der Waals surface area contributed by atoms with Crippen molar-refractivity contribution in [1.29, 1.82) is 0 Å². The first-order valence-corrected chi connectivity index (χ1v) is 5.73.